The summed E-state index contributed by atoms with van der Waals surface area (Å²) in [7, 11) is -1.80. The second-order valence-electron chi connectivity index (χ2n) is 5.79. The lowest BCUT2D eigenvalue weighted by atomic mass is 10.2. The van der Waals surface area contributed by atoms with E-state index in [0.717, 1.165) is 0 Å². The number of benzene rings is 1. The van der Waals surface area contributed by atoms with Gasteiger partial charge in [0.2, 0.25) is 10.0 Å². The van der Waals surface area contributed by atoms with Crippen molar-refractivity contribution in [2.75, 3.05) is 36.9 Å². The van der Waals surface area contributed by atoms with Crippen molar-refractivity contribution in [3.05, 3.63) is 29.8 Å². The van der Waals surface area contributed by atoms with Gasteiger partial charge in [-0.25, -0.2) is 13.2 Å². The van der Waals surface area contributed by atoms with Gasteiger partial charge in [-0.1, -0.05) is 6.07 Å². The smallest absolute Gasteiger partial charge is 0.338 e. The normalized spacial score (nSPS) is 17.1. The number of anilines is 1. The zero-order valence-electron chi connectivity index (χ0n) is 14.2. The molecule has 0 spiro atoms. The third-order valence-electron chi connectivity index (χ3n) is 3.63. The Morgan fingerprint density at radius 1 is 1.36 bits per heavy atom. The van der Waals surface area contributed by atoms with Gasteiger partial charge in [0.15, 0.2) is 6.61 Å². The van der Waals surface area contributed by atoms with Crippen LogP contribution in [0.2, 0.25) is 0 Å². The van der Waals surface area contributed by atoms with Gasteiger partial charge in [-0.2, -0.15) is 0 Å². The van der Waals surface area contributed by atoms with Crippen LogP contribution in [0.15, 0.2) is 24.3 Å². The Labute approximate surface area is 147 Å². The van der Waals surface area contributed by atoms with E-state index >= 15 is 0 Å². The Morgan fingerprint density at radius 2 is 2.12 bits per heavy atom. The van der Waals surface area contributed by atoms with E-state index in [2.05, 4.69) is 5.32 Å². The van der Waals surface area contributed by atoms with E-state index in [1.165, 1.54) is 23.5 Å². The summed E-state index contributed by atoms with van der Waals surface area (Å²) in [6, 6.07) is 5.98. The molecule has 1 unspecified atom stereocenters. The van der Waals surface area contributed by atoms with Gasteiger partial charge in [0.1, 0.15) is 0 Å². The summed E-state index contributed by atoms with van der Waals surface area (Å²) in [5.41, 5.74) is 0.613. The maximum Gasteiger partial charge on any atom is 0.338 e. The fourth-order valence-electron chi connectivity index (χ4n) is 2.54. The number of carbonyl (C=O) groups is 2. The Balaban J connectivity index is 1.96. The van der Waals surface area contributed by atoms with Crippen LogP contribution in [-0.4, -0.2) is 59.0 Å². The first-order chi connectivity index (χ1) is 11.8. The van der Waals surface area contributed by atoms with E-state index < -0.39 is 28.5 Å². The number of carbonyl (C=O) groups excluding carboxylic acids is 2. The number of esters is 1. The van der Waals surface area contributed by atoms with Gasteiger partial charge in [-0.3, -0.25) is 9.10 Å². The topological polar surface area (TPSA) is 102 Å². The van der Waals surface area contributed by atoms with Gasteiger partial charge in [-0.15, -0.1) is 0 Å². The zero-order chi connectivity index (χ0) is 18.4. The molecule has 8 nitrogen and oxygen atoms in total. The van der Waals surface area contributed by atoms with Gasteiger partial charge < -0.3 is 14.8 Å². The minimum atomic E-state index is -3.32. The summed E-state index contributed by atoms with van der Waals surface area (Å²) in [4.78, 5) is 23.8. The van der Waals surface area contributed by atoms with Crippen LogP contribution in [0.3, 0.4) is 0 Å². The first kappa shape index (κ1) is 19.2. The van der Waals surface area contributed by atoms with Crippen molar-refractivity contribution in [2.45, 2.75) is 19.4 Å². The Kier molecular flexibility index (Phi) is 6.38. The molecule has 1 saturated heterocycles. The number of sulfonamides is 1. The first-order valence-electron chi connectivity index (χ1n) is 7.89. The van der Waals surface area contributed by atoms with E-state index in [1.54, 1.807) is 19.1 Å². The van der Waals surface area contributed by atoms with Crippen LogP contribution in [-0.2, 0) is 24.3 Å². The fourth-order valence-corrected chi connectivity index (χ4v) is 4.10. The van der Waals surface area contributed by atoms with Crippen LogP contribution in [0.5, 0.6) is 0 Å². The first-order valence-corrected chi connectivity index (χ1v) is 9.50. The van der Waals surface area contributed by atoms with Crippen molar-refractivity contribution < 1.29 is 27.5 Å². The van der Waals surface area contributed by atoms with Crippen LogP contribution in [0.1, 0.15) is 23.7 Å². The number of amides is 1. The van der Waals surface area contributed by atoms with Crippen molar-refractivity contribution in [1.82, 2.24) is 5.32 Å². The Hall–Kier alpha value is -2.13. The van der Waals surface area contributed by atoms with Gasteiger partial charge in [0.25, 0.3) is 5.91 Å². The van der Waals surface area contributed by atoms with Gasteiger partial charge in [0, 0.05) is 19.7 Å². The molecule has 9 heteroatoms. The number of rotatable bonds is 7. The fraction of sp³-hybridized carbons (Fsp3) is 0.500. The summed E-state index contributed by atoms with van der Waals surface area (Å²) in [5.74, 6) is -1.02. The maximum atomic E-state index is 12.1. The number of hydrogen-bond acceptors (Lipinski definition) is 6. The Morgan fingerprint density at radius 3 is 2.76 bits per heavy atom. The highest BCUT2D eigenvalue weighted by atomic mass is 32.2. The minimum absolute atomic E-state index is 0.0987. The Bertz CT molecular complexity index is 734. The molecule has 1 aromatic carbocycles. The SMILES string of the molecule is COCC(C)NC(=O)COC(=O)c1cccc(N2CCCS2(=O)=O)c1. The third-order valence-corrected chi connectivity index (χ3v) is 5.50. The molecule has 1 amide bonds. The summed E-state index contributed by atoms with van der Waals surface area (Å²) < 4.78 is 35.1. The molecule has 1 aromatic rings. The molecule has 0 aromatic heterocycles. The molecule has 0 radical (unpaired) electrons. The number of nitrogens with one attached hydrogen (secondary N) is 1. The van der Waals surface area contributed by atoms with E-state index in [0.29, 0.717) is 25.3 Å². The average Bonchev–Trinajstić information content (AvgIpc) is 2.92. The van der Waals surface area contributed by atoms with Crippen LogP contribution >= 0.6 is 0 Å². The highest BCUT2D eigenvalue weighted by molar-refractivity contribution is 7.93. The summed E-state index contributed by atoms with van der Waals surface area (Å²) in [6.07, 6.45) is 0.552. The molecule has 0 saturated carbocycles. The summed E-state index contributed by atoms with van der Waals surface area (Å²) >= 11 is 0. The van der Waals surface area contributed by atoms with Crippen molar-refractivity contribution >= 4 is 27.6 Å². The predicted octanol–water partition coefficient (Wildman–Crippen LogP) is 0.534. The molecule has 2 rings (SSSR count). The van der Waals surface area contributed by atoms with Gasteiger partial charge >= 0.3 is 5.97 Å². The van der Waals surface area contributed by atoms with E-state index in [9.17, 15) is 18.0 Å². The minimum Gasteiger partial charge on any atom is -0.452 e. The van der Waals surface area contributed by atoms with Crippen LogP contribution < -0.4 is 9.62 Å². The zero-order valence-corrected chi connectivity index (χ0v) is 15.0. The third kappa shape index (κ3) is 5.17. The molecule has 1 aliphatic heterocycles. The van der Waals surface area contributed by atoms with Crippen LogP contribution in [0.4, 0.5) is 5.69 Å². The van der Waals surface area contributed by atoms with E-state index in [-0.39, 0.29) is 17.4 Å². The molecule has 1 fully saturated rings. The number of ether oxygens (including phenoxy) is 2. The maximum absolute atomic E-state index is 12.1. The molecule has 0 bridgehead atoms. The molecule has 1 heterocycles. The molecule has 0 aliphatic carbocycles. The van der Waals surface area contributed by atoms with Gasteiger partial charge in [-0.05, 0) is 31.5 Å². The lowest BCUT2D eigenvalue weighted by molar-refractivity contribution is -0.125. The highest BCUT2D eigenvalue weighted by Crippen LogP contribution is 2.24. The molecular formula is C16H22N2O6S. The number of nitrogens with zero attached hydrogens (tertiary/aromatic N) is 1. The quantitative estimate of drug-likeness (QED) is 0.703. The van der Waals surface area contributed by atoms with Crippen molar-refractivity contribution in [3.8, 4) is 0 Å². The number of hydrogen-bond donors (Lipinski definition) is 1. The monoisotopic (exact) mass is 370 g/mol. The van der Waals surface area contributed by atoms with E-state index in [1.807, 2.05) is 0 Å². The lowest BCUT2D eigenvalue weighted by Crippen LogP contribution is -2.38. The molecule has 1 atom stereocenters. The summed E-state index contributed by atoms with van der Waals surface area (Å²) in [5, 5.41) is 2.63. The lowest BCUT2D eigenvalue weighted by Gasteiger charge is -2.17. The summed E-state index contributed by atoms with van der Waals surface area (Å²) in [6.45, 7) is 2.09. The van der Waals surface area contributed by atoms with Crippen LogP contribution in [0, 0.1) is 0 Å². The largest absolute Gasteiger partial charge is 0.452 e. The van der Waals surface area contributed by atoms with Crippen LogP contribution in [0.25, 0.3) is 0 Å². The molecule has 138 valence electrons. The average molecular weight is 370 g/mol. The van der Waals surface area contributed by atoms with Crippen molar-refractivity contribution in [3.63, 3.8) is 0 Å². The molecule has 25 heavy (non-hydrogen) atoms. The molecule has 1 N–H and O–H groups in total. The van der Waals surface area contributed by atoms with E-state index in [4.69, 9.17) is 9.47 Å². The van der Waals surface area contributed by atoms with Crippen molar-refractivity contribution in [1.29, 1.82) is 0 Å². The van der Waals surface area contributed by atoms with Crippen molar-refractivity contribution in [2.24, 2.45) is 0 Å². The highest BCUT2D eigenvalue weighted by Gasteiger charge is 2.28. The second-order valence-corrected chi connectivity index (χ2v) is 7.80. The molecule has 1 aliphatic rings. The second kappa shape index (κ2) is 8.30. The van der Waals surface area contributed by atoms with Gasteiger partial charge in [0.05, 0.1) is 23.6 Å². The predicted molar refractivity (Wildman–Crippen MR) is 92.0 cm³/mol. The standard InChI is InChI=1S/C16H22N2O6S/c1-12(10-23-2)17-15(19)11-24-16(20)13-5-3-6-14(9-13)18-7-4-8-25(18,21)22/h3,5-6,9,12H,4,7-8,10-11H2,1-2H3,(H,17,19). The number of methoxy groups -OCH3 is 1. The molecular weight excluding hydrogens is 348 g/mol.